The second-order valence-electron chi connectivity index (χ2n) is 4.40. The zero-order chi connectivity index (χ0) is 15.4. The molecule has 0 aromatic heterocycles. The third kappa shape index (κ3) is 4.26. The Hall–Kier alpha value is -1.95. The van der Waals surface area contributed by atoms with Crippen LogP contribution in [0.4, 0.5) is 14.5 Å². The number of hydrogen-bond donors (Lipinski definition) is 1. The van der Waals surface area contributed by atoms with Gasteiger partial charge in [0, 0.05) is 11.8 Å². The third-order valence-electron chi connectivity index (χ3n) is 2.65. The normalized spacial score (nSPS) is 10.3. The number of rotatable bonds is 4. The van der Waals surface area contributed by atoms with Crippen LogP contribution < -0.4 is 10.1 Å². The highest BCUT2D eigenvalue weighted by Crippen LogP contribution is 2.25. The highest BCUT2D eigenvalue weighted by Gasteiger charge is 2.08. The molecule has 0 unspecified atom stereocenters. The van der Waals surface area contributed by atoms with Gasteiger partial charge in [-0.1, -0.05) is 6.07 Å². The van der Waals surface area contributed by atoms with Crippen LogP contribution in [0.1, 0.15) is 5.56 Å². The molecule has 0 aliphatic rings. The molecule has 0 spiro atoms. The maximum absolute atomic E-state index is 13.0. The molecule has 0 aliphatic heterocycles. The Morgan fingerprint density at radius 3 is 2.62 bits per heavy atom. The first kappa shape index (κ1) is 15.4. The molecule has 0 radical (unpaired) electrons. The highest BCUT2D eigenvalue weighted by atomic mass is 79.9. The number of anilines is 1. The van der Waals surface area contributed by atoms with Gasteiger partial charge in [0.2, 0.25) is 0 Å². The molecule has 0 heterocycles. The second kappa shape index (κ2) is 6.67. The molecule has 0 atom stereocenters. The van der Waals surface area contributed by atoms with Gasteiger partial charge in [0.05, 0.1) is 4.47 Å². The maximum Gasteiger partial charge on any atom is 0.262 e. The van der Waals surface area contributed by atoms with Crippen molar-refractivity contribution in [2.45, 2.75) is 6.92 Å². The lowest BCUT2D eigenvalue weighted by molar-refractivity contribution is -0.118. The van der Waals surface area contributed by atoms with Crippen molar-refractivity contribution in [2.24, 2.45) is 0 Å². The van der Waals surface area contributed by atoms with Crippen LogP contribution in [0, 0.1) is 18.6 Å². The number of carbonyl (C=O) groups is 1. The smallest absolute Gasteiger partial charge is 0.262 e. The van der Waals surface area contributed by atoms with Gasteiger partial charge < -0.3 is 10.1 Å². The molecule has 1 amide bonds. The lowest BCUT2D eigenvalue weighted by atomic mass is 10.2. The molecular weight excluding hydrogens is 344 g/mol. The number of amides is 1. The first-order chi connectivity index (χ1) is 9.95. The lowest BCUT2D eigenvalue weighted by Gasteiger charge is -2.09. The number of aryl methyl sites for hydroxylation is 1. The molecule has 6 heteroatoms. The highest BCUT2D eigenvalue weighted by molar-refractivity contribution is 9.10. The van der Waals surface area contributed by atoms with Gasteiger partial charge >= 0.3 is 0 Å². The van der Waals surface area contributed by atoms with Crippen molar-refractivity contribution in [1.29, 1.82) is 0 Å². The molecule has 3 nitrogen and oxygen atoms in total. The quantitative estimate of drug-likeness (QED) is 0.898. The van der Waals surface area contributed by atoms with Crippen LogP contribution in [0.25, 0.3) is 0 Å². The summed E-state index contributed by atoms with van der Waals surface area (Å²) in [6.45, 7) is 1.70. The first-order valence-corrected chi connectivity index (χ1v) is 6.89. The van der Waals surface area contributed by atoms with E-state index in [4.69, 9.17) is 4.74 Å². The predicted molar refractivity (Wildman–Crippen MR) is 79.4 cm³/mol. The van der Waals surface area contributed by atoms with E-state index >= 15 is 0 Å². The summed E-state index contributed by atoms with van der Waals surface area (Å²) in [5.41, 5.74) is 1.23. The Balaban J connectivity index is 1.94. The summed E-state index contributed by atoms with van der Waals surface area (Å²) < 4.78 is 31.9. The van der Waals surface area contributed by atoms with E-state index in [1.807, 2.05) is 19.1 Å². The molecular formula is C15H12BrF2NO2. The van der Waals surface area contributed by atoms with Crippen molar-refractivity contribution < 1.29 is 18.3 Å². The summed E-state index contributed by atoms with van der Waals surface area (Å²) in [6, 6.07) is 8.59. The third-order valence-corrected chi connectivity index (χ3v) is 3.27. The number of nitrogens with one attached hydrogen (secondary N) is 1. The van der Waals surface area contributed by atoms with Crippen LogP contribution in [0.3, 0.4) is 0 Å². The van der Waals surface area contributed by atoms with Crippen molar-refractivity contribution in [3.05, 3.63) is 58.1 Å². The van der Waals surface area contributed by atoms with Gasteiger partial charge in [0.1, 0.15) is 5.75 Å². The first-order valence-electron chi connectivity index (χ1n) is 6.09. The molecule has 0 saturated carbocycles. The van der Waals surface area contributed by atoms with Crippen molar-refractivity contribution >= 4 is 27.5 Å². The summed E-state index contributed by atoms with van der Waals surface area (Å²) in [7, 11) is 0. The summed E-state index contributed by atoms with van der Waals surface area (Å²) in [5, 5.41) is 2.43. The Bertz CT molecular complexity index is 677. The van der Waals surface area contributed by atoms with Crippen LogP contribution in [0.15, 0.2) is 40.9 Å². The maximum atomic E-state index is 13.0. The average molecular weight is 356 g/mol. The topological polar surface area (TPSA) is 38.3 Å². The Labute approximate surface area is 129 Å². The van der Waals surface area contributed by atoms with Gasteiger partial charge in [-0.25, -0.2) is 8.78 Å². The molecule has 0 bridgehead atoms. The minimum Gasteiger partial charge on any atom is -0.483 e. The minimum atomic E-state index is -1.02. The molecule has 0 aliphatic carbocycles. The van der Waals surface area contributed by atoms with Crippen molar-refractivity contribution in [2.75, 3.05) is 11.9 Å². The monoisotopic (exact) mass is 355 g/mol. The zero-order valence-electron chi connectivity index (χ0n) is 11.1. The van der Waals surface area contributed by atoms with Gasteiger partial charge in [-0.3, -0.25) is 4.79 Å². The molecule has 110 valence electrons. The van der Waals surface area contributed by atoms with Crippen LogP contribution in [-0.2, 0) is 4.79 Å². The molecule has 21 heavy (non-hydrogen) atoms. The van der Waals surface area contributed by atoms with E-state index in [1.54, 1.807) is 6.07 Å². The van der Waals surface area contributed by atoms with E-state index in [9.17, 15) is 13.6 Å². The van der Waals surface area contributed by atoms with Gasteiger partial charge in [-0.15, -0.1) is 0 Å². The average Bonchev–Trinajstić information content (AvgIpc) is 2.42. The van der Waals surface area contributed by atoms with Crippen LogP contribution in [0.5, 0.6) is 5.75 Å². The van der Waals surface area contributed by atoms with Gasteiger partial charge in [-0.05, 0) is 52.7 Å². The number of halogens is 3. The van der Waals surface area contributed by atoms with Crippen LogP contribution >= 0.6 is 15.9 Å². The van der Waals surface area contributed by atoms with E-state index < -0.39 is 17.5 Å². The number of hydrogen-bond acceptors (Lipinski definition) is 2. The number of carbonyl (C=O) groups excluding carboxylic acids is 1. The summed E-state index contributed by atoms with van der Waals surface area (Å²) in [6.07, 6.45) is 0. The van der Waals surface area contributed by atoms with E-state index in [0.29, 0.717) is 5.75 Å². The molecule has 2 aromatic carbocycles. The Morgan fingerprint density at radius 2 is 1.95 bits per heavy atom. The second-order valence-corrected chi connectivity index (χ2v) is 5.25. The fourth-order valence-electron chi connectivity index (χ4n) is 1.64. The lowest BCUT2D eigenvalue weighted by Crippen LogP contribution is -2.20. The summed E-state index contributed by atoms with van der Waals surface area (Å²) in [5.74, 6) is -1.92. The SMILES string of the molecule is Cc1ccc(OCC(=O)Nc2ccc(F)c(F)c2)c(Br)c1. The molecule has 0 fully saturated rings. The van der Waals surface area contributed by atoms with Gasteiger partial charge in [0.15, 0.2) is 18.2 Å². The number of ether oxygens (including phenoxy) is 1. The van der Waals surface area contributed by atoms with Crippen molar-refractivity contribution in [1.82, 2.24) is 0 Å². The van der Waals surface area contributed by atoms with E-state index in [2.05, 4.69) is 21.2 Å². The van der Waals surface area contributed by atoms with Crippen LogP contribution in [0.2, 0.25) is 0 Å². The van der Waals surface area contributed by atoms with Crippen molar-refractivity contribution in [3.63, 3.8) is 0 Å². The van der Waals surface area contributed by atoms with Gasteiger partial charge in [-0.2, -0.15) is 0 Å². The Kier molecular flexibility index (Phi) is 4.90. The van der Waals surface area contributed by atoms with Gasteiger partial charge in [0.25, 0.3) is 5.91 Å². The number of benzene rings is 2. The minimum absolute atomic E-state index is 0.172. The summed E-state index contributed by atoms with van der Waals surface area (Å²) >= 11 is 3.33. The zero-order valence-corrected chi connectivity index (χ0v) is 12.7. The molecule has 2 rings (SSSR count). The fraction of sp³-hybridized carbons (Fsp3) is 0.133. The predicted octanol–water partition coefficient (Wildman–Crippen LogP) is 4.05. The van der Waals surface area contributed by atoms with Crippen molar-refractivity contribution in [3.8, 4) is 5.75 Å². The summed E-state index contributed by atoms with van der Waals surface area (Å²) in [4.78, 5) is 11.7. The fourth-order valence-corrected chi connectivity index (χ4v) is 2.24. The standard InChI is InChI=1S/C15H12BrF2NO2/c1-9-2-5-14(11(16)6-9)21-8-15(20)19-10-3-4-12(17)13(18)7-10/h2-7H,8H2,1H3,(H,19,20). The molecule has 0 saturated heterocycles. The Morgan fingerprint density at radius 1 is 1.19 bits per heavy atom. The molecule has 1 N–H and O–H groups in total. The van der Waals surface area contributed by atoms with E-state index in [-0.39, 0.29) is 12.3 Å². The van der Waals surface area contributed by atoms with Crippen LogP contribution in [-0.4, -0.2) is 12.5 Å². The van der Waals surface area contributed by atoms with E-state index in [1.165, 1.54) is 6.07 Å². The molecule has 2 aromatic rings. The largest absolute Gasteiger partial charge is 0.483 e. The van der Waals surface area contributed by atoms with E-state index in [0.717, 1.165) is 22.2 Å².